The van der Waals surface area contributed by atoms with E-state index in [2.05, 4.69) is 21.4 Å². The Bertz CT molecular complexity index is 1290. The van der Waals surface area contributed by atoms with Gasteiger partial charge in [-0.3, -0.25) is 14.3 Å². The maximum atomic E-state index is 13.0. The monoisotopic (exact) mass is 493 g/mol. The van der Waals surface area contributed by atoms with Gasteiger partial charge in [-0.1, -0.05) is 25.0 Å². The Kier molecular flexibility index (Phi) is 8.17. The minimum absolute atomic E-state index is 0.234. The molecule has 0 radical (unpaired) electrons. The molecule has 0 aliphatic heterocycles. The van der Waals surface area contributed by atoms with Crippen molar-refractivity contribution in [1.82, 2.24) is 9.97 Å². The molecule has 35 heavy (non-hydrogen) atoms. The van der Waals surface area contributed by atoms with Gasteiger partial charge < -0.3 is 10.2 Å². The van der Waals surface area contributed by atoms with Crippen LogP contribution < -0.4 is 10.2 Å². The average Bonchev–Trinajstić information content (AvgIpc) is 3.34. The Morgan fingerprint density at radius 2 is 1.69 bits per heavy atom. The van der Waals surface area contributed by atoms with E-state index in [0.29, 0.717) is 23.3 Å². The quantitative estimate of drug-likeness (QED) is 0.501. The molecule has 0 saturated heterocycles. The Hall–Kier alpha value is -3.81. The number of anilines is 3. The van der Waals surface area contributed by atoms with Crippen molar-refractivity contribution in [1.29, 1.82) is 5.26 Å². The fourth-order valence-corrected chi connectivity index (χ4v) is 4.05. The third-order valence-electron chi connectivity index (χ3n) is 5.77. The van der Waals surface area contributed by atoms with E-state index in [0.717, 1.165) is 36.9 Å². The van der Waals surface area contributed by atoms with Crippen LogP contribution in [0.1, 0.15) is 41.6 Å². The van der Waals surface area contributed by atoms with Crippen molar-refractivity contribution in [2.45, 2.75) is 31.1 Å². The standard InChI is InChI=1S/C24H23N5O.CH4O3S/c1-29(20-10-15-26-16-11-20)22-21(5-4-14-27-22)23(30)28-19-8-6-18(7-9-19)24(17-25)12-2-3-13-24;1-5(2,3)4/h4-11,14-16H,2-3,12-13H2,1H3,(H,28,30);1H3,(H,2,3,4). The molecule has 2 aromatic heterocycles. The van der Waals surface area contributed by atoms with Gasteiger partial charge in [-0.2, -0.15) is 13.7 Å². The number of rotatable bonds is 5. The highest BCUT2D eigenvalue weighted by atomic mass is 32.2. The van der Waals surface area contributed by atoms with Gasteiger partial charge >= 0.3 is 0 Å². The first-order chi connectivity index (χ1) is 16.6. The lowest BCUT2D eigenvalue weighted by molar-refractivity contribution is 0.102. The molecule has 0 unspecified atom stereocenters. The number of amides is 1. The predicted molar refractivity (Wildman–Crippen MR) is 134 cm³/mol. The largest absolute Gasteiger partial charge is 0.329 e. The third-order valence-corrected chi connectivity index (χ3v) is 5.77. The van der Waals surface area contributed by atoms with Crippen LogP contribution in [0.25, 0.3) is 0 Å². The SMILES string of the molecule is CN(c1ccncc1)c1ncccc1C(=O)Nc1ccc(C2(C#N)CCCC2)cc1.CS(=O)(=O)O. The Morgan fingerprint density at radius 1 is 1.09 bits per heavy atom. The van der Waals surface area contributed by atoms with Gasteiger partial charge in [0.05, 0.1) is 23.3 Å². The lowest BCUT2D eigenvalue weighted by atomic mass is 9.80. The number of hydrogen-bond donors (Lipinski definition) is 2. The maximum absolute atomic E-state index is 13.0. The molecule has 10 heteroatoms. The van der Waals surface area contributed by atoms with Crippen LogP contribution in [0, 0.1) is 11.3 Å². The van der Waals surface area contributed by atoms with Crippen molar-refractivity contribution in [3.63, 3.8) is 0 Å². The summed E-state index contributed by atoms with van der Waals surface area (Å²) in [6, 6.07) is 17.4. The van der Waals surface area contributed by atoms with Gasteiger partial charge in [-0.25, -0.2) is 4.98 Å². The van der Waals surface area contributed by atoms with Crippen LogP contribution in [0.15, 0.2) is 67.1 Å². The van der Waals surface area contributed by atoms with Crippen molar-refractivity contribution in [3.05, 3.63) is 78.2 Å². The van der Waals surface area contributed by atoms with Gasteiger partial charge in [0.25, 0.3) is 16.0 Å². The Morgan fingerprint density at radius 3 is 2.26 bits per heavy atom. The second kappa shape index (κ2) is 11.1. The molecule has 1 amide bonds. The summed E-state index contributed by atoms with van der Waals surface area (Å²) in [5, 5.41) is 12.6. The molecule has 0 atom stereocenters. The number of pyridine rings is 2. The summed E-state index contributed by atoms with van der Waals surface area (Å²) in [6.07, 6.45) is 9.75. The summed E-state index contributed by atoms with van der Waals surface area (Å²) < 4.78 is 25.9. The van der Waals surface area contributed by atoms with E-state index in [1.165, 1.54) is 0 Å². The molecular weight excluding hydrogens is 466 g/mol. The zero-order valence-corrected chi connectivity index (χ0v) is 20.4. The molecule has 4 rings (SSSR count). The molecule has 1 saturated carbocycles. The number of nitrogens with one attached hydrogen (secondary N) is 1. The summed E-state index contributed by atoms with van der Waals surface area (Å²) in [4.78, 5) is 23.3. The lowest BCUT2D eigenvalue weighted by Gasteiger charge is -2.22. The molecule has 1 aliphatic rings. The number of carbonyl (C=O) groups excluding carboxylic acids is 1. The van der Waals surface area contributed by atoms with E-state index in [4.69, 9.17) is 4.55 Å². The summed E-state index contributed by atoms with van der Waals surface area (Å²) in [6.45, 7) is 0. The highest BCUT2D eigenvalue weighted by Gasteiger charge is 2.35. The van der Waals surface area contributed by atoms with E-state index >= 15 is 0 Å². The molecule has 2 heterocycles. The molecule has 1 fully saturated rings. The number of aromatic nitrogens is 2. The number of benzene rings is 1. The number of nitrogens with zero attached hydrogens (tertiary/aromatic N) is 4. The van der Waals surface area contributed by atoms with Crippen LogP contribution in [-0.4, -0.2) is 42.1 Å². The Labute approximate surface area is 205 Å². The van der Waals surface area contributed by atoms with Gasteiger partial charge in [0.15, 0.2) is 0 Å². The molecule has 0 bridgehead atoms. The van der Waals surface area contributed by atoms with Crippen molar-refractivity contribution >= 4 is 33.2 Å². The second-order valence-corrected chi connectivity index (χ2v) is 9.77. The minimum Gasteiger partial charge on any atom is -0.329 e. The summed E-state index contributed by atoms with van der Waals surface area (Å²) >= 11 is 0. The highest BCUT2D eigenvalue weighted by Crippen LogP contribution is 2.40. The van der Waals surface area contributed by atoms with Crippen molar-refractivity contribution in [3.8, 4) is 6.07 Å². The van der Waals surface area contributed by atoms with Crippen LogP contribution in [0.3, 0.4) is 0 Å². The highest BCUT2D eigenvalue weighted by molar-refractivity contribution is 7.85. The van der Waals surface area contributed by atoms with Crippen LogP contribution >= 0.6 is 0 Å². The van der Waals surface area contributed by atoms with Gasteiger partial charge in [0, 0.05) is 37.0 Å². The van der Waals surface area contributed by atoms with Gasteiger partial charge in [-0.15, -0.1) is 0 Å². The van der Waals surface area contributed by atoms with E-state index in [-0.39, 0.29) is 11.3 Å². The Balaban J connectivity index is 0.000000623. The summed E-state index contributed by atoms with van der Waals surface area (Å²) in [5.41, 5.74) is 2.70. The smallest absolute Gasteiger partial charge is 0.261 e. The maximum Gasteiger partial charge on any atom is 0.261 e. The normalized spacial score (nSPS) is 14.2. The van der Waals surface area contributed by atoms with Crippen LogP contribution in [-0.2, 0) is 15.5 Å². The number of carbonyl (C=O) groups is 1. The first kappa shape index (κ1) is 25.8. The molecule has 9 nitrogen and oxygen atoms in total. The third kappa shape index (κ3) is 6.85. The molecular formula is C25H27N5O4S. The molecule has 2 N–H and O–H groups in total. The number of hydrogen-bond acceptors (Lipinski definition) is 7. The summed E-state index contributed by atoms with van der Waals surface area (Å²) in [7, 11) is -1.80. The van der Waals surface area contributed by atoms with Gasteiger partial charge in [0.1, 0.15) is 5.82 Å². The molecule has 3 aromatic rings. The molecule has 0 spiro atoms. The molecule has 182 valence electrons. The van der Waals surface area contributed by atoms with Crippen LogP contribution in [0.4, 0.5) is 17.2 Å². The van der Waals surface area contributed by atoms with Crippen molar-refractivity contribution in [2.75, 3.05) is 23.5 Å². The second-order valence-electron chi connectivity index (χ2n) is 8.30. The van der Waals surface area contributed by atoms with Crippen LogP contribution in [0.5, 0.6) is 0 Å². The fraction of sp³-hybridized carbons (Fsp3) is 0.280. The van der Waals surface area contributed by atoms with Crippen molar-refractivity contribution in [2.24, 2.45) is 0 Å². The first-order valence-corrected chi connectivity index (χ1v) is 12.8. The van der Waals surface area contributed by atoms with E-state index in [9.17, 15) is 18.5 Å². The first-order valence-electron chi connectivity index (χ1n) is 11.0. The van der Waals surface area contributed by atoms with Gasteiger partial charge in [-0.05, 0) is 54.8 Å². The van der Waals surface area contributed by atoms with E-state index in [1.54, 1.807) is 30.7 Å². The molecule has 1 aliphatic carbocycles. The fourth-order valence-electron chi connectivity index (χ4n) is 4.05. The topological polar surface area (TPSA) is 136 Å². The lowest BCUT2D eigenvalue weighted by Crippen LogP contribution is -2.20. The zero-order chi connectivity index (χ0) is 25.5. The van der Waals surface area contributed by atoms with Gasteiger partial charge in [0.2, 0.25) is 0 Å². The molecule has 1 aromatic carbocycles. The summed E-state index contributed by atoms with van der Waals surface area (Å²) in [5.74, 6) is 0.329. The number of nitriles is 1. The van der Waals surface area contributed by atoms with Crippen LogP contribution in [0.2, 0.25) is 0 Å². The van der Waals surface area contributed by atoms with E-state index < -0.39 is 10.1 Å². The average molecular weight is 494 g/mol. The zero-order valence-electron chi connectivity index (χ0n) is 19.5. The minimum atomic E-state index is -3.67. The van der Waals surface area contributed by atoms with Crippen molar-refractivity contribution < 1.29 is 17.8 Å². The predicted octanol–water partition coefficient (Wildman–Crippen LogP) is 4.34. The van der Waals surface area contributed by atoms with E-state index in [1.807, 2.05) is 48.3 Å².